The molecule has 0 radical (unpaired) electrons. The summed E-state index contributed by atoms with van der Waals surface area (Å²) in [6.07, 6.45) is 0.810. The van der Waals surface area contributed by atoms with Crippen molar-refractivity contribution < 1.29 is 24.0 Å². The Balaban J connectivity index is 1.85. The van der Waals surface area contributed by atoms with E-state index in [1.54, 1.807) is 62.4 Å². The number of benzene rings is 2. The highest BCUT2D eigenvalue weighted by molar-refractivity contribution is 6.34. The molecule has 4 rings (SSSR count). The van der Waals surface area contributed by atoms with Crippen molar-refractivity contribution in [1.29, 1.82) is 0 Å². The highest BCUT2D eigenvalue weighted by atomic mass is 35.5. The number of halogens is 1. The fourth-order valence-corrected chi connectivity index (χ4v) is 3.71. The number of carboxylic acids is 1. The number of anilines is 2. The molecule has 0 aliphatic rings. The summed E-state index contributed by atoms with van der Waals surface area (Å²) in [5, 5.41) is 13.7. The largest absolute Gasteiger partial charge is 0.478 e. The Morgan fingerprint density at radius 1 is 1.09 bits per heavy atom. The standard InChI is InChI=1S/C25H20ClN3O5/c1-3-33-25(32)29(21-10-5-4-9-19(21)26)22-15(2)28-34-23(22)17-8-6-7-16(13-17)20-14-18(24(30)31)11-12-27-20/h4-14H,3H2,1-2H3,(H,30,31). The van der Waals surface area contributed by atoms with Crippen molar-refractivity contribution >= 4 is 35.0 Å². The quantitative estimate of drug-likeness (QED) is 0.344. The molecule has 0 aliphatic carbocycles. The number of carboxylic acid groups (broad SMARTS) is 1. The first-order chi connectivity index (χ1) is 16.4. The van der Waals surface area contributed by atoms with Gasteiger partial charge in [0.2, 0.25) is 0 Å². The lowest BCUT2D eigenvalue weighted by molar-refractivity contribution is 0.0696. The Kier molecular flexibility index (Phi) is 6.60. The minimum absolute atomic E-state index is 0.124. The Bertz CT molecular complexity index is 1370. The van der Waals surface area contributed by atoms with E-state index in [0.717, 1.165) is 0 Å². The summed E-state index contributed by atoms with van der Waals surface area (Å²) in [5.41, 5.74) is 3.14. The molecule has 0 bridgehead atoms. The number of hydrogen-bond acceptors (Lipinski definition) is 6. The fourth-order valence-electron chi connectivity index (χ4n) is 3.49. The second-order valence-electron chi connectivity index (χ2n) is 7.25. The molecule has 8 nitrogen and oxygen atoms in total. The van der Waals surface area contributed by atoms with E-state index in [1.807, 2.05) is 0 Å². The van der Waals surface area contributed by atoms with E-state index in [0.29, 0.717) is 44.7 Å². The maximum atomic E-state index is 13.0. The Morgan fingerprint density at radius 3 is 2.59 bits per heavy atom. The third-order valence-corrected chi connectivity index (χ3v) is 5.35. The zero-order chi connectivity index (χ0) is 24.2. The summed E-state index contributed by atoms with van der Waals surface area (Å²) in [6.45, 7) is 3.60. The lowest BCUT2D eigenvalue weighted by Gasteiger charge is -2.23. The van der Waals surface area contributed by atoms with Crippen LogP contribution in [0.4, 0.5) is 16.2 Å². The average Bonchev–Trinajstić information content (AvgIpc) is 3.22. The van der Waals surface area contributed by atoms with Gasteiger partial charge in [0.05, 0.1) is 28.6 Å². The van der Waals surface area contributed by atoms with Crippen LogP contribution in [0.25, 0.3) is 22.6 Å². The topological polar surface area (TPSA) is 106 Å². The molecule has 0 saturated heterocycles. The number of ether oxygens (including phenoxy) is 1. The minimum Gasteiger partial charge on any atom is -0.478 e. The van der Waals surface area contributed by atoms with Crippen LogP contribution >= 0.6 is 11.6 Å². The van der Waals surface area contributed by atoms with Crippen LogP contribution in [0.1, 0.15) is 23.0 Å². The van der Waals surface area contributed by atoms with E-state index in [1.165, 1.54) is 23.2 Å². The predicted octanol–water partition coefficient (Wildman–Crippen LogP) is 6.36. The van der Waals surface area contributed by atoms with Gasteiger partial charge in [-0.05, 0) is 44.2 Å². The molecule has 172 valence electrons. The number of carbonyl (C=O) groups is 2. The lowest BCUT2D eigenvalue weighted by atomic mass is 10.0. The third-order valence-electron chi connectivity index (χ3n) is 5.03. The van der Waals surface area contributed by atoms with Gasteiger partial charge in [-0.2, -0.15) is 0 Å². The van der Waals surface area contributed by atoms with Crippen LogP contribution in [0.2, 0.25) is 5.02 Å². The number of para-hydroxylation sites is 1. The van der Waals surface area contributed by atoms with E-state index in [2.05, 4.69) is 10.1 Å². The van der Waals surface area contributed by atoms with E-state index >= 15 is 0 Å². The van der Waals surface area contributed by atoms with Gasteiger partial charge in [0.15, 0.2) is 5.76 Å². The number of nitrogens with zero attached hydrogens (tertiary/aromatic N) is 3. The summed E-state index contributed by atoms with van der Waals surface area (Å²) in [4.78, 5) is 30.0. The van der Waals surface area contributed by atoms with E-state index in [-0.39, 0.29) is 12.2 Å². The van der Waals surface area contributed by atoms with Gasteiger partial charge in [-0.1, -0.05) is 47.1 Å². The number of carbonyl (C=O) groups excluding carboxylic acids is 1. The molecule has 2 heterocycles. The maximum Gasteiger partial charge on any atom is 0.419 e. The first-order valence-electron chi connectivity index (χ1n) is 10.4. The second kappa shape index (κ2) is 9.76. The number of amides is 1. The SMILES string of the molecule is CCOC(=O)N(c1ccccc1Cl)c1c(C)noc1-c1cccc(-c2cc(C(=O)O)ccn2)c1. The lowest BCUT2D eigenvalue weighted by Crippen LogP contribution is -2.27. The highest BCUT2D eigenvalue weighted by Crippen LogP contribution is 2.41. The molecule has 0 fully saturated rings. The molecule has 9 heteroatoms. The first-order valence-corrected chi connectivity index (χ1v) is 10.8. The minimum atomic E-state index is -1.04. The Morgan fingerprint density at radius 2 is 1.85 bits per heavy atom. The number of aryl methyl sites for hydroxylation is 1. The van der Waals surface area contributed by atoms with E-state index < -0.39 is 12.1 Å². The van der Waals surface area contributed by atoms with Crippen LogP contribution in [0.5, 0.6) is 0 Å². The second-order valence-corrected chi connectivity index (χ2v) is 7.65. The van der Waals surface area contributed by atoms with Gasteiger partial charge in [0, 0.05) is 17.3 Å². The van der Waals surface area contributed by atoms with Crippen LogP contribution in [0.3, 0.4) is 0 Å². The highest BCUT2D eigenvalue weighted by Gasteiger charge is 2.30. The van der Waals surface area contributed by atoms with Crippen LogP contribution < -0.4 is 4.90 Å². The normalized spacial score (nSPS) is 10.7. The van der Waals surface area contributed by atoms with E-state index in [4.69, 9.17) is 20.9 Å². The number of rotatable bonds is 6. The van der Waals surface area contributed by atoms with Gasteiger partial charge in [-0.25, -0.2) is 14.5 Å². The maximum absolute atomic E-state index is 13.0. The molecule has 0 unspecified atom stereocenters. The van der Waals surface area contributed by atoms with E-state index in [9.17, 15) is 14.7 Å². The fraction of sp³-hybridized carbons (Fsp3) is 0.120. The van der Waals surface area contributed by atoms with Crippen molar-refractivity contribution in [3.8, 4) is 22.6 Å². The van der Waals surface area contributed by atoms with Crippen molar-refractivity contribution in [3.63, 3.8) is 0 Å². The monoisotopic (exact) mass is 477 g/mol. The van der Waals surface area contributed by atoms with Crippen molar-refractivity contribution in [1.82, 2.24) is 10.1 Å². The summed E-state index contributed by atoms with van der Waals surface area (Å²) >= 11 is 6.42. The van der Waals surface area contributed by atoms with Crippen molar-refractivity contribution in [3.05, 3.63) is 83.1 Å². The van der Waals surface area contributed by atoms with Crippen molar-refractivity contribution in [2.24, 2.45) is 0 Å². The number of hydrogen-bond donors (Lipinski definition) is 1. The van der Waals surface area contributed by atoms with Gasteiger partial charge in [0.1, 0.15) is 11.4 Å². The predicted molar refractivity (Wildman–Crippen MR) is 127 cm³/mol. The smallest absolute Gasteiger partial charge is 0.419 e. The zero-order valence-corrected chi connectivity index (χ0v) is 19.1. The van der Waals surface area contributed by atoms with Gasteiger partial charge < -0.3 is 14.4 Å². The van der Waals surface area contributed by atoms with Gasteiger partial charge in [0.25, 0.3) is 0 Å². The Hall–Kier alpha value is -4.17. The van der Waals surface area contributed by atoms with Crippen LogP contribution in [-0.2, 0) is 4.74 Å². The van der Waals surface area contributed by atoms with Gasteiger partial charge in [-0.3, -0.25) is 4.98 Å². The molecular formula is C25H20ClN3O5. The van der Waals surface area contributed by atoms with Crippen molar-refractivity contribution in [2.75, 3.05) is 11.5 Å². The molecule has 0 atom stereocenters. The molecule has 1 amide bonds. The van der Waals surface area contributed by atoms with Crippen LogP contribution in [-0.4, -0.2) is 33.9 Å². The van der Waals surface area contributed by atoms with Gasteiger partial charge >= 0.3 is 12.1 Å². The number of aromatic carboxylic acids is 1. The zero-order valence-electron chi connectivity index (χ0n) is 18.4. The summed E-state index contributed by atoms with van der Waals surface area (Å²) in [7, 11) is 0. The van der Waals surface area contributed by atoms with Crippen LogP contribution in [0.15, 0.2) is 71.4 Å². The van der Waals surface area contributed by atoms with Gasteiger partial charge in [-0.15, -0.1) is 0 Å². The van der Waals surface area contributed by atoms with Crippen molar-refractivity contribution in [2.45, 2.75) is 13.8 Å². The summed E-state index contributed by atoms with van der Waals surface area (Å²) in [5.74, 6) is -0.723. The molecule has 0 spiro atoms. The Labute approximate surface area is 200 Å². The summed E-state index contributed by atoms with van der Waals surface area (Å²) < 4.78 is 11.0. The molecular weight excluding hydrogens is 458 g/mol. The molecule has 4 aromatic rings. The molecule has 1 N–H and O–H groups in total. The molecule has 2 aromatic heterocycles. The summed E-state index contributed by atoms with van der Waals surface area (Å²) in [6, 6.07) is 17.0. The first kappa shape index (κ1) is 23.0. The molecule has 0 saturated carbocycles. The average molecular weight is 478 g/mol. The molecule has 2 aromatic carbocycles. The van der Waals surface area contributed by atoms with Crippen LogP contribution in [0, 0.1) is 6.92 Å². The third kappa shape index (κ3) is 4.49. The number of pyridine rings is 1. The number of aromatic nitrogens is 2. The molecule has 0 aliphatic heterocycles. The molecule has 34 heavy (non-hydrogen) atoms.